The minimum absolute atomic E-state index is 0.0586. The van der Waals surface area contributed by atoms with E-state index < -0.39 is 0 Å². The summed E-state index contributed by atoms with van der Waals surface area (Å²) in [5.74, 6) is -0.0586. The van der Waals surface area contributed by atoms with Gasteiger partial charge in [0.2, 0.25) is 5.91 Å². The quantitative estimate of drug-likeness (QED) is 0.772. The van der Waals surface area contributed by atoms with Crippen molar-refractivity contribution in [2.75, 3.05) is 18.5 Å². The van der Waals surface area contributed by atoms with Crippen LogP contribution in [0, 0.1) is 13.8 Å². The van der Waals surface area contributed by atoms with Crippen LogP contribution in [0.5, 0.6) is 0 Å². The molecule has 0 aliphatic heterocycles. The number of benzene rings is 1. The molecule has 0 aromatic heterocycles. The van der Waals surface area contributed by atoms with E-state index in [-0.39, 0.29) is 24.6 Å². The van der Waals surface area contributed by atoms with Crippen LogP contribution in [0.15, 0.2) is 18.2 Å². The van der Waals surface area contributed by atoms with Gasteiger partial charge < -0.3 is 15.7 Å². The van der Waals surface area contributed by atoms with Crippen LogP contribution < -0.4 is 10.6 Å². The molecule has 1 fully saturated rings. The molecule has 2 rings (SSSR count). The summed E-state index contributed by atoms with van der Waals surface area (Å²) >= 11 is 0. The molecule has 0 bridgehead atoms. The van der Waals surface area contributed by atoms with Crippen molar-refractivity contribution in [3.05, 3.63) is 29.3 Å². The third-order valence-corrected chi connectivity index (χ3v) is 4.14. The summed E-state index contributed by atoms with van der Waals surface area (Å²) in [6.45, 7) is 4.37. The van der Waals surface area contributed by atoms with Crippen molar-refractivity contribution < 1.29 is 9.90 Å². The summed E-state index contributed by atoms with van der Waals surface area (Å²) in [6, 6.07) is 5.97. The number of aliphatic hydroxyl groups excluding tert-OH is 1. The fourth-order valence-corrected chi connectivity index (χ4v) is 2.86. The Hall–Kier alpha value is -1.39. The van der Waals surface area contributed by atoms with E-state index in [4.69, 9.17) is 0 Å². The predicted molar refractivity (Wildman–Crippen MR) is 80.8 cm³/mol. The Labute approximate surface area is 120 Å². The normalized spacial score (nSPS) is 17.1. The van der Waals surface area contributed by atoms with E-state index >= 15 is 0 Å². The van der Waals surface area contributed by atoms with Crippen molar-refractivity contribution in [2.45, 2.75) is 45.1 Å². The maximum atomic E-state index is 12.0. The van der Waals surface area contributed by atoms with Crippen molar-refractivity contribution in [3.8, 4) is 0 Å². The van der Waals surface area contributed by atoms with Gasteiger partial charge in [-0.25, -0.2) is 0 Å². The zero-order chi connectivity index (χ0) is 14.6. The molecular formula is C16H24N2O2. The van der Waals surface area contributed by atoms with Gasteiger partial charge in [-0.3, -0.25) is 4.79 Å². The monoisotopic (exact) mass is 276 g/mol. The van der Waals surface area contributed by atoms with E-state index in [1.807, 2.05) is 26.0 Å². The Balaban J connectivity index is 1.89. The lowest BCUT2D eigenvalue weighted by molar-refractivity contribution is -0.115. The third-order valence-electron chi connectivity index (χ3n) is 4.14. The topological polar surface area (TPSA) is 61.4 Å². The van der Waals surface area contributed by atoms with E-state index in [2.05, 4.69) is 16.7 Å². The first kappa shape index (κ1) is 15.0. The lowest BCUT2D eigenvalue weighted by atomic mass is 9.99. The van der Waals surface area contributed by atoms with E-state index in [1.54, 1.807) is 0 Å². The van der Waals surface area contributed by atoms with Crippen LogP contribution in [0.3, 0.4) is 0 Å². The Morgan fingerprint density at radius 1 is 1.30 bits per heavy atom. The molecular weight excluding hydrogens is 252 g/mol. The Morgan fingerprint density at radius 2 is 2.00 bits per heavy atom. The smallest absolute Gasteiger partial charge is 0.238 e. The highest BCUT2D eigenvalue weighted by Crippen LogP contribution is 2.28. The fraction of sp³-hybridized carbons (Fsp3) is 0.562. The first-order chi connectivity index (χ1) is 9.54. The molecule has 1 aliphatic carbocycles. The van der Waals surface area contributed by atoms with E-state index in [1.165, 1.54) is 5.56 Å². The molecule has 1 amide bonds. The second kappa shape index (κ2) is 6.37. The summed E-state index contributed by atoms with van der Waals surface area (Å²) < 4.78 is 0. The van der Waals surface area contributed by atoms with Crippen molar-refractivity contribution in [3.63, 3.8) is 0 Å². The molecule has 0 heterocycles. The number of aryl methyl sites for hydroxylation is 2. The van der Waals surface area contributed by atoms with Crippen LogP contribution in [0.25, 0.3) is 0 Å². The average molecular weight is 276 g/mol. The molecule has 1 aromatic carbocycles. The number of carbonyl (C=O) groups excluding carboxylic acids is 1. The number of amides is 1. The summed E-state index contributed by atoms with van der Waals surface area (Å²) in [5.41, 5.74) is 2.85. The maximum absolute atomic E-state index is 12.0. The van der Waals surface area contributed by atoms with Gasteiger partial charge in [-0.1, -0.05) is 30.5 Å². The molecule has 0 radical (unpaired) electrons. The second-order valence-corrected chi connectivity index (χ2v) is 5.87. The van der Waals surface area contributed by atoms with Gasteiger partial charge in [0, 0.05) is 11.2 Å². The third kappa shape index (κ3) is 3.58. The molecule has 4 heteroatoms. The molecule has 0 spiro atoms. The summed E-state index contributed by atoms with van der Waals surface area (Å²) in [4.78, 5) is 12.0. The van der Waals surface area contributed by atoms with Crippen LogP contribution >= 0.6 is 0 Å². The number of anilines is 1. The second-order valence-electron chi connectivity index (χ2n) is 5.87. The highest BCUT2D eigenvalue weighted by atomic mass is 16.3. The molecule has 1 saturated carbocycles. The zero-order valence-corrected chi connectivity index (χ0v) is 12.3. The Bertz CT molecular complexity index is 479. The molecule has 1 aliphatic rings. The lowest BCUT2D eigenvalue weighted by Gasteiger charge is -2.27. The van der Waals surface area contributed by atoms with Crippen molar-refractivity contribution >= 4 is 11.6 Å². The summed E-state index contributed by atoms with van der Waals surface area (Å²) in [6.07, 6.45) is 4.12. The minimum Gasteiger partial charge on any atom is -0.394 e. The molecule has 0 atom stereocenters. The first-order valence-electron chi connectivity index (χ1n) is 7.28. The highest BCUT2D eigenvalue weighted by Gasteiger charge is 2.32. The standard InChI is InChI=1S/C16H24N2O2/c1-12-5-6-14(13(2)9-12)18-15(20)10-17-16(11-19)7-3-4-8-16/h5-6,9,17,19H,3-4,7-8,10-11H2,1-2H3,(H,18,20). The SMILES string of the molecule is Cc1ccc(NC(=O)CNC2(CO)CCCC2)c(C)c1. The van der Waals surface area contributed by atoms with Gasteiger partial charge in [0.1, 0.15) is 0 Å². The van der Waals surface area contributed by atoms with Gasteiger partial charge in [-0.2, -0.15) is 0 Å². The predicted octanol–water partition coefficient (Wildman–Crippen LogP) is 2.14. The van der Waals surface area contributed by atoms with Crippen LogP contribution in [-0.4, -0.2) is 29.7 Å². The van der Waals surface area contributed by atoms with Crippen molar-refractivity contribution in [1.29, 1.82) is 0 Å². The van der Waals surface area contributed by atoms with Gasteiger partial charge in [-0.05, 0) is 38.3 Å². The Kier molecular flexibility index (Phi) is 4.78. The van der Waals surface area contributed by atoms with Gasteiger partial charge in [0.15, 0.2) is 0 Å². The molecule has 1 aromatic rings. The number of aliphatic hydroxyl groups is 1. The number of rotatable bonds is 5. The summed E-state index contributed by atoms with van der Waals surface area (Å²) in [5, 5.41) is 15.7. The van der Waals surface area contributed by atoms with Gasteiger partial charge in [0.25, 0.3) is 0 Å². The van der Waals surface area contributed by atoms with Crippen LogP contribution in [-0.2, 0) is 4.79 Å². The fourth-order valence-electron chi connectivity index (χ4n) is 2.86. The zero-order valence-electron chi connectivity index (χ0n) is 12.3. The molecule has 110 valence electrons. The van der Waals surface area contributed by atoms with E-state index in [9.17, 15) is 9.90 Å². The summed E-state index contributed by atoms with van der Waals surface area (Å²) in [7, 11) is 0. The number of hydrogen-bond acceptors (Lipinski definition) is 3. The molecule has 20 heavy (non-hydrogen) atoms. The molecule has 0 saturated heterocycles. The largest absolute Gasteiger partial charge is 0.394 e. The lowest BCUT2D eigenvalue weighted by Crippen LogP contribution is -2.49. The first-order valence-corrected chi connectivity index (χ1v) is 7.28. The van der Waals surface area contributed by atoms with Crippen LogP contribution in [0.4, 0.5) is 5.69 Å². The average Bonchev–Trinajstić information content (AvgIpc) is 2.89. The number of nitrogens with one attached hydrogen (secondary N) is 2. The van der Waals surface area contributed by atoms with E-state index in [0.29, 0.717) is 0 Å². The molecule has 4 nitrogen and oxygen atoms in total. The number of carbonyl (C=O) groups is 1. The van der Waals surface area contributed by atoms with Gasteiger partial charge in [-0.15, -0.1) is 0 Å². The van der Waals surface area contributed by atoms with Crippen LogP contribution in [0.1, 0.15) is 36.8 Å². The Morgan fingerprint density at radius 3 is 2.60 bits per heavy atom. The molecule has 0 unspecified atom stereocenters. The van der Waals surface area contributed by atoms with Crippen molar-refractivity contribution in [1.82, 2.24) is 5.32 Å². The highest BCUT2D eigenvalue weighted by molar-refractivity contribution is 5.93. The molecule has 3 N–H and O–H groups in total. The van der Waals surface area contributed by atoms with Gasteiger partial charge >= 0.3 is 0 Å². The van der Waals surface area contributed by atoms with Gasteiger partial charge in [0.05, 0.1) is 13.2 Å². The van der Waals surface area contributed by atoms with Crippen LogP contribution in [0.2, 0.25) is 0 Å². The minimum atomic E-state index is -0.250. The maximum Gasteiger partial charge on any atom is 0.238 e. The number of hydrogen-bond donors (Lipinski definition) is 3. The van der Waals surface area contributed by atoms with Crippen molar-refractivity contribution in [2.24, 2.45) is 0 Å². The van der Waals surface area contributed by atoms with E-state index in [0.717, 1.165) is 36.9 Å².